The fraction of sp³-hybridized carbons (Fsp3) is 0. The smallest absolute Gasteiger partial charge is 0.0473 e. The summed E-state index contributed by atoms with van der Waals surface area (Å²) in [7, 11) is 0. The highest BCUT2D eigenvalue weighted by atomic mass is 14.6. The van der Waals surface area contributed by atoms with E-state index in [0.717, 1.165) is 22.2 Å². The molecule has 1 nitrogen and oxygen atoms in total. The van der Waals surface area contributed by atoms with Crippen LogP contribution >= 0.6 is 0 Å². The minimum absolute atomic E-state index is 0.850. The van der Waals surface area contributed by atoms with Crippen LogP contribution in [0.3, 0.4) is 0 Å². The summed E-state index contributed by atoms with van der Waals surface area (Å²) in [6, 6.07) is 27.4. The molecule has 1 heteroatoms. The van der Waals surface area contributed by atoms with Crippen LogP contribution in [0.4, 0.5) is 5.69 Å². The Morgan fingerprint density at radius 2 is 1.24 bits per heavy atom. The zero-order valence-corrected chi connectivity index (χ0v) is 11.6. The van der Waals surface area contributed by atoms with Gasteiger partial charge in [-0.15, -0.1) is 0 Å². The molecule has 4 rings (SSSR count). The van der Waals surface area contributed by atoms with E-state index < -0.39 is 0 Å². The number of fused-ring (bicyclic) bond motifs is 2. The van der Waals surface area contributed by atoms with Gasteiger partial charge >= 0.3 is 0 Å². The topological polar surface area (TPSA) is 26.0 Å². The lowest BCUT2D eigenvalue weighted by atomic mass is 9.97. The third-order valence-electron chi connectivity index (χ3n) is 4.03. The maximum absolute atomic E-state index is 6.40. The maximum Gasteiger partial charge on any atom is 0.0473 e. The van der Waals surface area contributed by atoms with Crippen molar-refractivity contribution in [2.45, 2.75) is 0 Å². The molecule has 4 aromatic carbocycles. The third-order valence-corrected chi connectivity index (χ3v) is 4.03. The largest absolute Gasteiger partial charge is 0.398 e. The van der Waals surface area contributed by atoms with Gasteiger partial charge in [0.25, 0.3) is 0 Å². The summed E-state index contributed by atoms with van der Waals surface area (Å²) in [6.45, 7) is 0. The van der Waals surface area contributed by atoms with Gasteiger partial charge in [0.15, 0.2) is 0 Å². The van der Waals surface area contributed by atoms with Crippen molar-refractivity contribution in [3.8, 4) is 11.1 Å². The van der Waals surface area contributed by atoms with Crippen LogP contribution in [0.2, 0.25) is 0 Å². The molecule has 0 saturated heterocycles. The van der Waals surface area contributed by atoms with Crippen molar-refractivity contribution in [3.63, 3.8) is 0 Å². The molecule has 0 bridgehead atoms. The minimum Gasteiger partial charge on any atom is -0.398 e. The van der Waals surface area contributed by atoms with Crippen LogP contribution in [0.5, 0.6) is 0 Å². The fourth-order valence-corrected chi connectivity index (χ4v) is 2.90. The van der Waals surface area contributed by atoms with Crippen molar-refractivity contribution in [1.29, 1.82) is 0 Å². The highest BCUT2D eigenvalue weighted by Gasteiger charge is 2.07. The number of hydrogen-bond acceptors (Lipinski definition) is 1. The Hall–Kier alpha value is -2.80. The molecule has 0 aliphatic heterocycles. The molecule has 0 fully saturated rings. The van der Waals surface area contributed by atoms with Gasteiger partial charge in [0, 0.05) is 16.6 Å². The minimum atomic E-state index is 0.850. The van der Waals surface area contributed by atoms with Crippen LogP contribution in [0.1, 0.15) is 0 Å². The van der Waals surface area contributed by atoms with Crippen LogP contribution in [0.25, 0.3) is 32.7 Å². The van der Waals surface area contributed by atoms with Gasteiger partial charge in [0.05, 0.1) is 0 Å². The van der Waals surface area contributed by atoms with E-state index in [1.807, 2.05) is 12.1 Å². The van der Waals surface area contributed by atoms with Gasteiger partial charge in [-0.2, -0.15) is 0 Å². The van der Waals surface area contributed by atoms with Crippen molar-refractivity contribution in [2.75, 3.05) is 5.73 Å². The molecule has 0 saturated carbocycles. The average Bonchev–Trinajstić information content (AvgIpc) is 2.55. The van der Waals surface area contributed by atoms with Crippen molar-refractivity contribution in [3.05, 3.63) is 78.9 Å². The van der Waals surface area contributed by atoms with E-state index in [4.69, 9.17) is 5.73 Å². The van der Waals surface area contributed by atoms with Gasteiger partial charge in [-0.25, -0.2) is 0 Å². The van der Waals surface area contributed by atoms with E-state index in [1.165, 1.54) is 16.2 Å². The second kappa shape index (κ2) is 4.64. The van der Waals surface area contributed by atoms with E-state index in [9.17, 15) is 0 Å². The third kappa shape index (κ3) is 1.95. The van der Waals surface area contributed by atoms with Gasteiger partial charge in [0.1, 0.15) is 0 Å². The first-order chi connectivity index (χ1) is 10.3. The first kappa shape index (κ1) is 12.0. The lowest BCUT2D eigenvalue weighted by Gasteiger charge is -2.10. The first-order valence-electron chi connectivity index (χ1n) is 7.09. The Bertz CT molecular complexity index is 954. The lowest BCUT2D eigenvalue weighted by Crippen LogP contribution is -1.92. The molecule has 21 heavy (non-hydrogen) atoms. The number of rotatable bonds is 1. The molecule has 0 aliphatic carbocycles. The molecule has 2 N–H and O–H groups in total. The maximum atomic E-state index is 6.40. The molecule has 0 spiro atoms. The molecular formula is C20H15N. The van der Waals surface area contributed by atoms with Crippen molar-refractivity contribution in [1.82, 2.24) is 0 Å². The second-order valence-corrected chi connectivity index (χ2v) is 5.31. The van der Waals surface area contributed by atoms with E-state index in [0.29, 0.717) is 0 Å². The molecule has 100 valence electrons. The molecule has 0 amide bonds. The van der Waals surface area contributed by atoms with E-state index in [1.54, 1.807) is 0 Å². The Morgan fingerprint density at radius 1 is 0.571 bits per heavy atom. The van der Waals surface area contributed by atoms with Gasteiger partial charge in [-0.1, -0.05) is 72.8 Å². The van der Waals surface area contributed by atoms with Gasteiger partial charge in [-0.3, -0.25) is 0 Å². The highest BCUT2D eigenvalue weighted by molar-refractivity contribution is 6.01. The van der Waals surface area contributed by atoms with Crippen LogP contribution in [-0.4, -0.2) is 0 Å². The summed E-state index contributed by atoms with van der Waals surface area (Å²) < 4.78 is 0. The Labute approximate surface area is 123 Å². The van der Waals surface area contributed by atoms with Crippen LogP contribution in [0, 0.1) is 0 Å². The molecule has 0 aliphatic rings. The van der Waals surface area contributed by atoms with Crippen LogP contribution in [0.15, 0.2) is 78.9 Å². The molecule has 4 aromatic rings. The zero-order chi connectivity index (χ0) is 14.2. The number of hydrogen-bond donors (Lipinski definition) is 1. The van der Waals surface area contributed by atoms with Crippen LogP contribution < -0.4 is 5.73 Å². The summed E-state index contributed by atoms with van der Waals surface area (Å²) in [5, 5.41) is 4.78. The Morgan fingerprint density at radius 3 is 2.10 bits per heavy atom. The molecular weight excluding hydrogens is 254 g/mol. The van der Waals surface area contributed by atoms with E-state index in [-0.39, 0.29) is 0 Å². The second-order valence-electron chi connectivity index (χ2n) is 5.31. The average molecular weight is 269 g/mol. The van der Waals surface area contributed by atoms with Crippen molar-refractivity contribution >= 4 is 27.2 Å². The Kier molecular flexibility index (Phi) is 2.65. The summed E-state index contributed by atoms with van der Waals surface area (Å²) in [4.78, 5) is 0. The number of anilines is 1. The summed E-state index contributed by atoms with van der Waals surface area (Å²) >= 11 is 0. The van der Waals surface area contributed by atoms with Crippen molar-refractivity contribution in [2.24, 2.45) is 0 Å². The molecule has 0 heterocycles. The lowest BCUT2D eigenvalue weighted by molar-refractivity contribution is 1.66. The molecule has 0 radical (unpaired) electrons. The standard InChI is InChI=1S/C20H15N/c21-20-18-8-4-3-6-15(18)11-12-19(20)17-10-9-14-5-1-2-7-16(14)13-17/h1-13H,21H2. The summed E-state index contributed by atoms with van der Waals surface area (Å²) in [6.07, 6.45) is 0. The quantitative estimate of drug-likeness (QED) is 0.470. The SMILES string of the molecule is Nc1c(-c2ccc3ccccc3c2)ccc2ccccc12. The van der Waals surface area contributed by atoms with E-state index in [2.05, 4.69) is 66.7 Å². The molecule has 0 unspecified atom stereocenters. The van der Waals surface area contributed by atoms with E-state index >= 15 is 0 Å². The highest BCUT2D eigenvalue weighted by Crippen LogP contribution is 2.33. The first-order valence-corrected chi connectivity index (χ1v) is 7.09. The number of benzene rings is 4. The number of nitrogen functional groups attached to an aromatic ring is 1. The molecule has 0 aromatic heterocycles. The fourth-order valence-electron chi connectivity index (χ4n) is 2.90. The Balaban J connectivity index is 1.97. The predicted octanol–water partition coefficient (Wildman–Crippen LogP) is 5.24. The normalized spacial score (nSPS) is 11.0. The summed E-state index contributed by atoms with van der Waals surface area (Å²) in [5.41, 5.74) is 9.51. The van der Waals surface area contributed by atoms with Crippen LogP contribution in [-0.2, 0) is 0 Å². The summed E-state index contributed by atoms with van der Waals surface area (Å²) in [5.74, 6) is 0. The monoisotopic (exact) mass is 269 g/mol. The molecule has 0 atom stereocenters. The van der Waals surface area contributed by atoms with Gasteiger partial charge < -0.3 is 5.73 Å². The number of nitrogens with two attached hydrogens (primary N) is 1. The van der Waals surface area contributed by atoms with Gasteiger partial charge in [-0.05, 0) is 27.8 Å². The van der Waals surface area contributed by atoms with Gasteiger partial charge in [0.2, 0.25) is 0 Å². The van der Waals surface area contributed by atoms with Crippen molar-refractivity contribution < 1.29 is 0 Å². The predicted molar refractivity (Wildman–Crippen MR) is 91.3 cm³/mol. The zero-order valence-electron chi connectivity index (χ0n) is 11.6.